The minimum Gasteiger partial charge on any atom is -0.494 e. The molecule has 1 aliphatic rings. The molecule has 0 saturated carbocycles. The standard InChI is InChI=1S/C26H22N10O4/c1-39-18-15-30-22(16-6-7-20(40-2)28-13-16)23-21(18)17(14-29-23)24(37)25(38)34-9-11-35(12-10-34)26-31-32-33-36(26)19-5-3-4-8-27-19/h3-9,11,13-15,29H,10,12H2,1-2H3. The summed E-state index contributed by atoms with van der Waals surface area (Å²) in [6, 6.07) is 8.93. The highest BCUT2D eigenvalue weighted by Crippen LogP contribution is 2.35. The Bertz CT molecular complexity index is 1730. The number of carbonyl (C=O) groups excluding carboxylic acids is 2. The third-order valence-electron chi connectivity index (χ3n) is 6.40. The summed E-state index contributed by atoms with van der Waals surface area (Å²) in [6.07, 6.45) is 9.45. The van der Waals surface area contributed by atoms with Crippen molar-refractivity contribution < 1.29 is 19.1 Å². The second kappa shape index (κ2) is 10.2. The Morgan fingerprint density at radius 3 is 2.58 bits per heavy atom. The number of amides is 1. The zero-order chi connectivity index (χ0) is 27.6. The van der Waals surface area contributed by atoms with Gasteiger partial charge in [0.1, 0.15) is 5.75 Å². The van der Waals surface area contributed by atoms with E-state index < -0.39 is 11.7 Å². The van der Waals surface area contributed by atoms with Crippen LogP contribution in [-0.2, 0) is 4.79 Å². The van der Waals surface area contributed by atoms with Crippen molar-refractivity contribution in [3.63, 3.8) is 0 Å². The van der Waals surface area contributed by atoms with Gasteiger partial charge >= 0.3 is 0 Å². The maximum absolute atomic E-state index is 13.5. The Hall–Kier alpha value is -5.66. The van der Waals surface area contributed by atoms with Crippen molar-refractivity contribution >= 4 is 28.5 Å². The fourth-order valence-electron chi connectivity index (χ4n) is 4.41. The van der Waals surface area contributed by atoms with Gasteiger partial charge in [0, 0.05) is 55.7 Å². The van der Waals surface area contributed by atoms with Crippen LogP contribution in [0.5, 0.6) is 11.6 Å². The largest absolute Gasteiger partial charge is 0.494 e. The van der Waals surface area contributed by atoms with E-state index in [9.17, 15) is 9.59 Å². The van der Waals surface area contributed by atoms with Gasteiger partial charge in [-0.15, -0.1) is 0 Å². The van der Waals surface area contributed by atoms with Crippen LogP contribution in [0.15, 0.2) is 67.5 Å². The molecule has 200 valence electrons. The predicted molar refractivity (Wildman–Crippen MR) is 142 cm³/mol. The van der Waals surface area contributed by atoms with E-state index in [1.54, 1.807) is 41.7 Å². The molecule has 0 spiro atoms. The van der Waals surface area contributed by atoms with E-state index in [0.29, 0.717) is 52.1 Å². The fourth-order valence-corrected chi connectivity index (χ4v) is 4.41. The normalized spacial score (nSPS) is 13.1. The van der Waals surface area contributed by atoms with Crippen molar-refractivity contribution in [1.29, 1.82) is 0 Å². The molecule has 0 atom stereocenters. The second-order valence-electron chi connectivity index (χ2n) is 8.61. The highest BCUT2D eigenvalue weighted by molar-refractivity contribution is 6.45. The molecule has 0 unspecified atom stereocenters. The number of rotatable bonds is 7. The van der Waals surface area contributed by atoms with Crippen molar-refractivity contribution in [3.8, 4) is 28.7 Å². The van der Waals surface area contributed by atoms with E-state index in [0.717, 1.165) is 0 Å². The molecule has 40 heavy (non-hydrogen) atoms. The first-order valence-corrected chi connectivity index (χ1v) is 12.1. The van der Waals surface area contributed by atoms with E-state index in [4.69, 9.17) is 9.47 Å². The van der Waals surface area contributed by atoms with Crippen molar-refractivity contribution in [2.24, 2.45) is 0 Å². The zero-order valence-corrected chi connectivity index (χ0v) is 21.4. The van der Waals surface area contributed by atoms with Gasteiger partial charge in [0.05, 0.1) is 42.6 Å². The van der Waals surface area contributed by atoms with E-state index >= 15 is 0 Å². The molecule has 5 aromatic heterocycles. The quantitative estimate of drug-likeness (QED) is 0.239. The number of ketones is 1. The molecular weight excluding hydrogens is 516 g/mol. The SMILES string of the molecule is COc1ccc(-c2ncc(OC)c3c(C(=O)C(=O)N4C=CN(c5nnnn5-c5ccccn5)CC4)c[nH]c23)cn1. The number of hydrogen-bond donors (Lipinski definition) is 1. The van der Waals surface area contributed by atoms with Gasteiger partial charge in [-0.25, -0.2) is 9.97 Å². The molecule has 0 fully saturated rings. The molecule has 6 rings (SSSR count). The van der Waals surface area contributed by atoms with Gasteiger partial charge in [-0.05, 0) is 28.6 Å². The van der Waals surface area contributed by atoms with Gasteiger partial charge in [0.15, 0.2) is 5.82 Å². The van der Waals surface area contributed by atoms with Crippen LogP contribution >= 0.6 is 0 Å². The summed E-state index contributed by atoms with van der Waals surface area (Å²) in [5, 5.41) is 12.3. The molecule has 1 amide bonds. The van der Waals surface area contributed by atoms with Crippen LogP contribution in [0.2, 0.25) is 0 Å². The number of aromatic nitrogens is 8. The predicted octanol–water partition coefficient (Wildman–Crippen LogP) is 2.02. The third kappa shape index (κ3) is 4.26. The van der Waals surface area contributed by atoms with Gasteiger partial charge in [-0.2, -0.15) is 4.68 Å². The first-order chi connectivity index (χ1) is 19.6. The number of tetrazole rings is 1. The minimum atomic E-state index is -0.689. The number of carbonyl (C=O) groups is 2. The summed E-state index contributed by atoms with van der Waals surface area (Å²) in [5.74, 6) is 0.431. The molecule has 1 N–H and O–H groups in total. The number of aromatic amines is 1. The highest BCUT2D eigenvalue weighted by Gasteiger charge is 2.29. The lowest BCUT2D eigenvalue weighted by atomic mass is 10.1. The van der Waals surface area contributed by atoms with Crippen molar-refractivity contribution in [1.82, 2.24) is 45.0 Å². The number of anilines is 1. The van der Waals surface area contributed by atoms with Gasteiger partial charge in [-0.3, -0.25) is 14.6 Å². The summed E-state index contributed by atoms with van der Waals surface area (Å²) in [4.78, 5) is 46.0. The van der Waals surface area contributed by atoms with Crippen molar-refractivity contribution in [2.75, 3.05) is 32.2 Å². The third-order valence-corrected chi connectivity index (χ3v) is 6.40. The Morgan fingerprint density at radius 2 is 1.88 bits per heavy atom. The fraction of sp³-hybridized carbons (Fsp3) is 0.154. The van der Waals surface area contributed by atoms with Gasteiger partial charge in [0.25, 0.3) is 17.6 Å². The number of hydrogen-bond acceptors (Lipinski definition) is 11. The molecule has 5 aromatic rings. The van der Waals surface area contributed by atoms with Crippen molar-refractivity contribution in [2.45, 2.75) is 0 Å². The molecule has 1 aliphatic heterocycles. The minimum absolute atomic E-state index is 0.178. The van der Waals surface area contributed by atoms with E-state index in [2.05, 4.69) is 35.5 Å². The summed E-state index contributed by atoms with van der Waals surface area (Å²) >= 11 is 0. The van der Waals surface area contributed by atoms with Gasteiger partial charge < -0.3 is 24.3 Å². The van der Waals surface area contributed by atoms with Crippen LogP contribution in [0.4, 0.5) is 5.95 Å². The number of H-pyrrole nitrogens is 1. The maximum atomic E-state index is 13.5. The molecule has 14 heteroatoms. The summed E-state index contributed by atoms with van der Waals surface area (Å²) < 4.78 is 12.1. The molecular formula is C26H22N10O4. The van der Waals surface area contributed by atoms with Crippen LogP contribution in [0.1, 0.15) is 10.4 Å². The summed E-state index contributed by atoms with van der Waals surface area (Å²) in [5.41, 5.74) is 1.98. The number of nitrogens with one attached hydrogen (secondary N) is 1. The second-order valence-corrected chi connectivity index (χ2v) is 8.61. The average molecular weight is 539 g/mol. The number of Topliss-reactive ketones (excluding diaryl/α,β-unsaturated/α-hetero) is 1. The lowest BCUT2D eigenvalue weighted by Gasteiger charge is -2.28. The lowest BCUT2D eigenvalue weighted by Crippen LogP contribution is -2.41. The molecule has 0 bridgehead atoms. The molecule has 6 heterocycles. The summed E-state index contributed by atoms with van der Waals surface area (Å²) in [6.45, 7) is 0.596. The number of ether oxygens (including phenoxy) is 2. The molecule has 14 nitrogen and oxygen atoms in total. The van der Waals surface area contributed by atoms with E-state index in [-0.39, 0.29) is 12.1 Å². The monoisotopic (exact) mass is 538 g/mol. The highest BCUT2D eigenvalue weighted by atomic mass is 16.5. The van der Waals surface area contributed by atoms with E-state index in [1.165, 1.54) is 42.4 Å². The number of fused-ring (bicyclic) bond motifs is 1. The zero-order valence-electron chi connectivity index (χ0n) is 21.4. The van der Waals surface area contributed by atoms with Crippen LogP contribution < -0.4 is 14.4 Å². The molecule has 0 radical (unpaired) electrons. The van der Waals surface area contributed by atoms with Crippen LogP contribution in [0, 0.1) is 0 Å². The first kappa shape index (κ1) is 24.7. The number of methoxy groups -OCH3 is 2. The molecule has 0 saturated heterocycles. The Labute approximate surface area is 226 Å². The molecule has 0 aliphatic carbocycles. The van der Waals surface area contributed by atoms with Crippen molar-refractivity contribution in [3.05, 3.63) is 73.1 Å². The van der Waals surface area contributed by atoms with Crippen LogP contribution in [0.25, 0.3) is 28.0 Å². The number of pyridine rings is 3. The maximum Gasteiger partial charge on any atom is 0.299 e. The smallest absolute Gasteiger partial charge is 0.299 e. The molecule has 0 aromatic carbocycles. The summed E-state index contributed by atoms with van der Waals surface area (Å²) in [7, 11) is 3.01. The first-order valence-electron chi connectivity index (χ1n) is 12.1. The van der Waals surface area contributed by atoms with Gasteiger partial charge in [-0.1, -0.05) is 11.2 Å². The van der Waals surface area contributed by atoms with Crippen LogP contribution in [-0.4, -0.2) is 84.0 Å². The Balaban J connectivity index is 1.27. The van der Waals surface area contributed by atoms with Crippen LogP contribution in [0.3, 0.4) is 0 Å². The Morgan fingerprint density at radius 1 is 0.975 bits per heavy atom. The number of nitrogens with zero attached hydrogens (tertiary/aromatic N) is 9. The van der Waals surface area contributed by atoms with Gasteiger partial charge in [0.2, 0.25) is 5.88 Å². The lowest BCUT2D eigenvalue weighted by molar-refractivity contribution is -0.124. The Kier molecular flexibility index (Phi) is 6.32. The topological polar surface area (TPSA) is 157 Å². The van der Waals surface area contributed by atoms with E-state index in [1.807, 2.05) is 12.1 Å². The average Bonchev–Trinajstić information content (AvgIpc) is 3.69.